The van der Waals surface area contributed by atoms with Gasteiger partial charge in [-0.25, -0.2) is 0 Å². The largest absolute Gasteiger partial charge is 0.493 e. The van der Waals surface area contributed by atoms with Gasteiger partial charge < -0.3 is 20.1 Å². The third-order valence-electron chi connectivity index (χ3n) is 4.51. The highest BCUT2D eigenvalue weighted by Crippen LogP contribution is 2.19. The van der Waals surface area contributed by atoms with E-state index in [2.05, 4.69) is 36.6 Å². The molecule has 5 nitrogen and oxygen atoms in total. The van der Waals surface area contributed by atoms with Gasteiger partial charge in [0.15, 0.2) is 0 Å². The first-order valence-electron chi connectivity index (χ1n) is 10.6. The van der Waals surface area contributed by atoms with Crippen LogP contribution in [0.25, 0.3) is 0 Å². The zero-order chi connectivity index (χ0) is 21.9. The Hall–Kier alpha value is -3.47. The first kappa shape index (κ1) is 22.2. The lowest BCUT2D eigenvalue weighted by Gasteiger charge is -2.12. The molecule has 0 aliphatic rings. The summed E-state index contributed by atoms with van der Waals surface area (Å²) in [7, 11) is 0. The molecule has 2 N–H and O–H groups in total. The molecule has 5 heteroatoms. The predicted octanol–water partition coefficient (Wildman–Crippen LogP) is 5.39. The molecule has 0 spiro atoms. The van der Waals surface area contributed by atoms with E-state index in [-0.39, 0.29) is 12.5 Å². The van der Waals surface area contributed by atoms with Crippen molar-refractivity contribution in [2.75, 3.05) is 30.4 Å². The number of ether oxygens (including phenoxy) is 2. The van der Waals surface area contributed by atoms with Crippen molar-refractivity contribution in [1.82, 2.24) is 0 Å². The van der Waals surface area contributed by atoms with Crippen LogP contribution in [-0.2, 0) is 11.2 Å². The van der Waals surface area contributed by atoms with Crippen molar-refractivity contribution in [3.05, 3.63) is 84.4 Å². The van der Waals surface area contributed by atoms with Gasteiger partial charge in [-0.1, -0.05) is 50.2 Å². The van der Waals surface area contributed by atoms with Gasteiger partial charge in [-0.2, -0.15) is 0 Å². The molecule has 31 heavy (non-hydrogen) atoms. The molecule has 0 radical (unpaired) electrons. The summed E-state index contributed by atoms with van der Waals surface area (Å²) in [6, 6.07) is 25.3. The highest BCUT2D eigenvalue weighted by molar-refractivity contribution is 5.93. The number of hydrogen-bond acceptors (Lipinski definition) is 4. The number of rotatable bonds is 11. The molecule has 0 aromatic heterocycles. The van der Waals surface area contributed by atoms with Crippen LogP contribution in [0.2, 0.25) is 0 Å². The van der Waals surface area contributed by atoms with E-state index >= 15 is 0 Å². The molecule has 0 saturated heterocycles. The van der Waals surface area contributed by atoms with Gasteiger partial charge in [0.1, 0.15) is 11.5 Å². The third kappa shape index (κ3) is 8.05. The van der Waals surface area contributed by atoms with E-state index < -0.39 is 0 Å². The van der Waals surface area contributed by atoms with Crippen molar-refractivity contribution < 1.29 is 14.3 Å². The second-order valence-electron chi connectivity index (χ2n) is 7.74. The molecule has 0 atom stereocenters. The Balaban J connectivity index is 1.40. The molecule has 1 amide bonds. The Bertz CT molecular complexity index is 940. The maximum absolute atomic E-state index is 12.3. The molecule has 0 fully saturated rings. The van der Waals surface area contributed by atoms with E-state index in [1.165, 1.54) is 5.56 Å². The Kier molecular flexibility index (Phi) is 8.35. The quantitative estimate of drug-likeness (QED) is 0.438. The van der Waals surface area contributed by atoms with E-state index in [1.807, 2.05) is 66.7 Å². The van der Waals surface area contributed by atoms with Crippen LogP contribution in [-0.4, -0.2) is 25.7 Å². The minimum absolute atomic E-state index is 0.119. The van der Waals surface area contributed by atoms with Crippen molar-refractivity contribution in [2.45, 2.75) is 20.3 Å². The molecule has 3 aromatic carbocycles. The van der Waals surface area contributed by atoms with Gasteiger partial charge in [-0.15, -0.1) is 0 Å². The Morgan fingerprint density at radius 1 is 0.839 bits per heavy atom. The zero-order valence-corrected chi connectivity index (χ0v) is 18.1. The molecule has 0 unspecified atom stereocenters. The van der Waals surface area contributed by atoms with Crippen molar-refractivity contribution >= 4 is 17.3 Å². The molecule has 0 saturated carbocycles. The SMILES string of the molecule is CC(C)COc1cccc(NCC(=O)Nc2ccc(OCCc3ccccc3)cc2)c1. The number of benzene rings is 3. The van der Waals surface area contributed by atoms with Crippen LogP contribution in [0.5, 0.6) is 11.5 Å². The third-order valence-corrected chi connectivity index (χ3v) is 4.51. The van der Waals surface area contributed by atoms with E-state index in [4.69, 9.17) is 9.47 Å². The lowest BCUT2D eigenvalue weighted by atomic mass is 10.2. The Labute approximate surface area is 184 Å². The number of carbonyl (C=O) groups excluding carboxylic acids is 1. The number of hydrogen-bond donors (Lipinski definition) is 2. The molecule has 162 valence electrons. The van der Waals surface area contributed by atoms with Gasteiger partial charge in [0.25, 0.3) is 0 Å². The second kappa shape index (κ2) is 11.6. The van der Waals surface area contributed by atoms with E-state index in [1.54, 1.807) is 0 Å². The number of anilines is 2. The van der Waals surface area contributed by atoms with Crippen molar-refractivity contribution in [3.63, 3.8) is 0 Å². The van der Waals surface area contributed by atoms with Crippen LogP contribution in [0.3, 0.4) is 0 Å². The average molecular weight is 419 g/mol. The summed E-state index contributed by atoms with van der Waals surface area (Å²) in [6.45, 7) is 5.66. The molecule has 3 aromatic rings. The highest BCUT2D eigenvalue weighted by Gasteiger charge is 2.04. The minimum atomic E-state index is -0.119. The van der Waals surface area contributed by atoms with Gasteiger partial charge in [-0.3, -0.25) is 4.79 Å². The minimum Gasteiger partial charge on any atom is -0.493 e. The van der Waals surface area contributed by atoms with Gasteiger partial charge in [0, 0.05) is 23.9 Å². The summed E-state index contributed by atoms with van der Waals surface area (Å²) in [4.78, 5) is 12.3. The lowest BCUT2D eigenvalue weighted by Crippen LogP contribution is -2.21. The fraction of sp³-hybridized carbons (Fsp3) is 0.269. The standard InChI is InChI=1S/C26H30N2O3/c1-20(2)19-31-25-10-6-9-23(17-25)27-18-26(29)28-22-11-13-24(14-12-22)30-16-15-21-7-4-3-5-8-21/h3-14,17,20,27H,15-16,18-19H2,1-2H3,(H,28,29). The number of amides is 1. The lowest BCUT2D eigenvalue weighted by molar-refractivity contribution is -0.114. The van der Waals surface area contributed by atoms with Crippen LogP contribution < -0.4 is 20.1 Å². The summed E-state index contributed by atoms with van der Waals surface area (Å²) in [5.41, 5.74) is 2.82. The van der Waals surface area contributed by atoms with E-state index in [0.717, 1.165) is 29.3 Å². The Morgan fingerprint density at radius 2 is 1.61 bits per heavy atom. The molecule has 0 aliphatic heterocycles. The molecule has 0 heterocycles. The van der Waals surface area contributed by atoms with Gasteiger partial charge in [0.05, 0.1) is 19.8 Å². The van der Waals surface area contributed by atoms with Crippen LogP contribution >= 0.6 is 0 Å². The normalized spacial score (nSPS) is 10.5. The molecular weight excluding hydrogens is 388 g/mol. The number of carbonyl (C=O) groups is 1. The van der Waals surface area contributed by atoms with Crippen molar-refractivity contribution in [3.8, 4) is 11.5 Å². The first-order chi connectivity index (χ1) is 15.1. The van der Waals surface area contributed by atoms with E-state index in [0.29, 0.717) is 19.1 Å². The highest BCUT2D eigenvalue weighted by atomic mass is 16.5. The van der Waals surface area contributed by atoms with Crippen LogP contribution in [0.4, 0.5) is 11.4 Å². The molecule has 0 bridgehead atoms. The fourth-order valence-electron chi connectivity index (χ4n) is 2.91. The maximum Gasteiger partial charge on any atom is 0.243 e. The van der Waals surface area contributed by atoms with Crippen LogP contribution in [0.1, 0.15) is 19.4 Å². The smallest absolute Gasteiger partial charge is 0.243 e. The monoisotopic (exact) mass is 418 g/mol. The van der Waals surface area contributed by atoms with Gasteiger partial charge in [-0.05, 0) is 47.9 Å². The van der Waals surface area contributed by atoms with Crippen LogP contribution in [0.15, 0.2) is 78.9 Å². The number of nitrogens with one attached hydrogen (secondary N) is 2. The van der Waals surface area contributed by atoms with Gasteiger partial charge in [0.2, 0.25) is 5.91 Å². The molecule has 0 aliphatic carbocycles. The van der Waals surface area contributed by atoms with Crippen molar-refractivity contribution in [2.24, 2.45) is 5.92 Å². The summed E-state index contributed by atoms with van der Waals surface area (Å²) >= 11 is 0. The molecule has 3 rings (SSSR count). The van der Waals surface area contributed by atoms with E-state index in [9.17, 15) is 4.79 Å². The summed E-state index contributed by atoms with van der Waals surface area (Å²) in [5.74, 6) is 1.92. The first-order valence-corrected chi connectivity index (χ1v) is 10.6. The predicted molar refractivity (Wildman–Crippen MR) is 126 cm³/mol. The summed E-state index contributed by atoms with van der Waals surface area (Å²) < 4.78 is 11.5. The summed E-state index contributed by atoms with van der Waals surface area (Å²) in [5, 5.41) is 6.02. The van der Waals surface area contributed by atoms with Crippen molar-refractivity contribution in [1.29, 1.82) is 0 Å². The zero-order valence-electron chi connectivity index (χ0n) is 18.1. The van der Waals surface area contributed by atoms with Crippen LogP contribution in [0, 0.1) is 5.92 Å². The Morgan fingerprint density at radius 3 is 2.35 bits per heavy atom. The topological polar surface area (TPSA) is 59.6 Å². The average Bonchev–Trinajstić information content (AvgIpc) is 2.78. The maximum atomic E-state index is 12.3. The van der Waals surface area contributed by atoms with Gasteiger partial charge >= 0.3 is 0 Å². The summed E-state index contributed by atoms with van der Waals surface area (Å²) in [6.07, 6.45) is 0.856. The fourth-order valence-corrected chi connectivity index (χ4v) is 2.91. The molecular formula is C26H30N2O3. The second-order valence-corrected chi connectivity index (χ2v) is 7.74.